The lowest BCUT2D eigenvalue weighted by Gasteiger charge is -2.29. The molecule has 3 rings (SSSR count). The molecule has 0 amide bonds. The average Bonchev–Trinajstić information content (AvgIpc) is 2.76. The van der Waals surface area contributed by atoms with Gasteiger partial charge >= 0.3 is 0 Å². The van der Waals surface area contributed by atoms with Gasteiger partial charge in [0.05, 0.1) is 6.61 Å². The van der Waals surface area contributed by atoms with Gasteiger partial charge in [-0.3, -0.25) is 0 Å². The van der Waals surface area contributed by atoms with Gasteiger partial charge in [-0.05, 0) is 24.5 Å². The Kier molecular flexibility index (Phi) is 2.65. The number of benzene rings is 1. The molecule has 2 aromatic rings. The Hall–Kier alpha value is -1.32. The summed E-state index contributed by atoms with van der Waals surface area (Å²) in [4.78, 5) is 3.52. The third-order valence-corrected chi connectivity index (χ3v) is 3.71. The summed E-state index contributed by atoms with van der Waals surface area (Å²) in [6.07, 6.45) is 1.95. The van der Waals surface area contributed by atoms with Crippen LogP contribution in [0.3, 0.4) is 0 Å². The van der Waals surface area contributed by atoms with Crippen molar-refractivity contribution < 1.29 is 5.11 Å². The van der Waals surface area contributed by atoms with Crippen molar-refractivity contribution in [3.8, 4) is 0 Å². The molecule has 0 bridgehead atoms. The monoisotopic (exact) mass is 230 g/mol. The Morgan fingerprint density at radius 2 is 2.18 bits per heavy atom. The maximum absolute atomic E-state index is 9.37. The minimum absolute atomic E-state index is 0.187. The summed E-state index contributed by atoms with van der Waals surface area (Å²) in [7, 11) is 0. The number of aliphatic hydroxyl groups excluding tert-OH is 1. The van der Waals surface area contributed by atoms with Crippen LogP contribution in [0.15, 0.2) is 24.3 Å². The zero-order valence-corrected chi connectivity index (χ0v) is 10.0. The fraction of sp³-hybridized carbons (Fsp3) is 0.429. The number of aliphatic hydroxyl groups is 1. The van der Waals surface area contributed by atoms with E-state index in [1.165, 1.54) is 22.2 Å². The number of nitrogens with one attached hydrogen (secondary N) is 2. The number of fused-ring (bicyclic) bond motifs is 3. The highest BCUT2D eigenvalue weighted by Gasteiger charge is 2.27. The molecule has 3 heteroatoms. The largest absolute Gasteiger partial charge is 0.395 e. The van der Waals surface area contributed by atoms with Crippen LogP contribution in [0.1, 0.15) is 30.6 Å². The van der Waals surface area contributed by atoms with E-state index in [1.807, 2.05) is 0 Å². The lowest BCUT2D eigenvalue weighted by Crippen LogP contribution is -2.41. The third-order valence-electron chi connectivity index (χ3n) is 3.71. The fourth-order valence-corrected chi connectivity index (χ4v) is 2.85. The van der Waals surface area contributed by atoms with Crippen molar-refractivity contribution in [3.63, 3.8) is 0 Å². The molecule has 1 aliphatic heterocycles. The van der Waals surface area contributed by atoms with E-state index in [4.69, 9.17) is 0 Å². The zero-order chi connectivity index (χ0) is 11.8. The number of aromatic nitrogens is 1. The maximum atomic E-state index is 9.37. The molecule has 90 valence electrons. The second-order valence-corrected chi connectivity index (χ2v) is 4.77. The van der Waals surface area contributed by atoms with E-state index in [0.717, 1.165) is 12.8 Å². The zero-order valence-electron chi connectivity index (χ0n) is 10.0. The molecule has 1 aromatic heterocycles. The number of aromatic amines is 1. The maximum Gasteiger partial charge on any atom is 0.0588 e. The molecule has 0 spiro atoms. The van der Waals surface area contributed by atoms with E-state index in [2.05, 4.69) is 41.5 Å². The smallest absolute Gasteiger partial charge is 0.0588 e. The van der Waals surface area contributed by atoms with Gasteiger partial charge in [-0.2, -0.15) is 0 Å². The van der Waals surface area contributed by atoms with Gasteiger partial charge in [0.25, 0.3) is 0 Å². The molecule has 0 aliphatic carbocycles. The quantitative estimate of drug-likeness (QED) is 0.740. The standard InChI is InChI=1S/C14H18N2O/c1-2-12-14-11(7-9(8-17)15-12)10-5-3-4-6-13(10)16-14/h3-6,9,12,15-17H,2,7-8H2,1H3/t9-,12-/m0/s1. The lowest BCUT2D eigenvalue weighted by molar-refractivity contribution is 0.221. The van der Waals surface area contributed by atoms with Crippen molar-refractivity contribution in [2.45, 2.75) is 31.8 Å². The average molecular weight is 230 g/mol. The Labute approximate surface area is 101 Å². The topological polar surface area (TPSA) is 48.0 Å². The normalized spacial score (nSPS) is 23.9. The summed E-state index contributed by atoms with van der Waals surface area (Å²) >= 11 is 0. The summed E-state index contributed by atoms with van der Waals surface area (Å²) in [5.74, 6) is 0. The molecule has 1 aromatic carbocycles. The summed E-state index contributed by atoms with van der Waals surface area (Å²) < 4.78 is 0. The van der Waals surface area contributed by atoms with Crippen molar-refractivity contribution in [3.05, 3.63) is 35.5 Å². The van der Waals surface area contributed by atoms with Crippen LogP contribution in [-0.2, 0) is 6.42 Å². The van der Waals surface area contributed by atoms with Gasteiger partial charge in [0, 0.05) is 28.7 Å². The van der Waals surface area contributed by atoms with Crippen LogP contribution < -0.4 is 5.32 Å². The van der Waals surface area contributed by atoms with Gasteiger partial charge in [0.15, 0.2) is 0 Å². The van der Waals surface area contributed by atoms with Gasteiger partial charge in [0.1, 0.15) is 0 Å². The van der Waals surface area contributed by atoms with Crippen LogP contribution in [0.25, 0.3) is 10.9 Å². The minimum atomic E-state index is 0.187. The Morgan fingerprint density at radius 1 is 1.35 bits per heavy atom. The summed E-state index contributed by atoms with van der Waals surface area (Å²) in [5, 5.41) is 14.2. The van der Waals surface area contributed by atoms with Gasteiger partial charge in [-0.1, -0.05) is 25.1 Å². The number of rotatable bonds is 2. The molecule has 0 unspecified atom stereocenters. The summed E-state index contributed by atoms with van der Waals surface area (Å²) in [6.45, 7) is 2.38. The molecule has 17 heavy (non-hydrogen) atoms. The Bertz CT molecular complexity index is 532. The molecule has 0 saturated heterocycles. The van der Waals surface area contributed by atoms with Gasteiger partial charge in [-0.15, -0.1) is 0 Å². The predicted molar refractivity (Wildman–Crippen MR) is 69.0 cm³/mol. The Morgan fingerprint density at radius 3 is 2.94 bits per heavy atom. The van der Waals surface area contributed by atoms with E-state index >= 15 is 0 Å². The highest BCUT2D eigenvalue weighted by atomic mass is 16.3. The molecular weight excluding hydrogens is 212 g/mol. The van der Waals surface area contributed by atoms with E-state index in [9.17, 15) is 5.11 Å². The van der Waals surface area contributed by atoms with Crippen molar-refractivity contribution in [2.75, 3.05) is 6.61 Å². The first-order valence-electron chi connectivity index (χ1n) is 6.30. The second kappa shape index (κ2) is 4.17. The number of H-pyrrole nitrogens is 1. The minimum Gasteiger partial charge on any atom is -0.395 e. The highest BCUT2D eigenvalue weighted by Crippen LogP contribution is 2.32. The van der Waals surface area contributed by atoms with E-state index in [-0.39, 0.29) is 12.6 Å². The van der Waals surface area contributed by atoms with Crippen molar-refractivity contribution in [1.82, 2.24) is 10.3 Å². The Balaban J connectivity index is 2.15. The van der Waals surface area contributed by atoms with E-state index in [0.29, 0.717) is 6.04 Å². The first kappa shape index (κ1) is 10.8. The van der Waals surface area contributed by atoms with Gasteiger partial charge in [0.2, 0.25) is 0 Å². The van der Waals surface area contributed by atoms with Crippen LogP contribution in [0.4, 0.5) is 0 Å². The number of para-hydroxylation sites is 1. The molecule has 2 heterocycles. The third kappa shape index (κ3) is 1.66. The van der Waals surface area contributed by atoms with Crippen LogP contribution in [0.5, 0.6) is 0 Å². The molecule has 1 aliphatic rings. The van der Waals surface area contributed by atoms with E-state index < -0.39 is 0 Å². The highest BCUT2D eigenvalue weighted by molar-refractivity contribution is 5.85. The van der Waals surface area contributed by atoms with Crippen molar-refractivity contribution >= 4 is 10.9 Å². The lowest BCUT2D eigenvalue weighted by atomic mass is 9.93. The molecular formula is C14H18N2O. The van der Waals surface area contributed by atoms with Crippen molar-refractivity contribution in [2.24, 2.45) is 0 Å². The van der Waals surface area contributed by atoms with Crippen LogP contribution in [-0.4, -0.2) is 22.7 Å². The molecule has 2 atom stereocenters. The fourth-order valence-electron chi connectivity index (χ4n) is 2.85. The predicted octanol–water partition coefficient (Wildman–Crippen LogP) is 2.13. The molecule has 0 saturated carbocycles. The number of hydrogen-bond acceptors (Lipinski definition) is 2. The van der Waals surface area contributed by atoms with Crippen LogP contribution in [0, 0.1) is 0 Å². The SMILES string of the molecule is CC[C@@H]1N[C@H](CO)Cc2c1[nH]c1ccccc21. The van der Waals surface area contributed by atoms with Crippen LogP contribution >= 0.6 is 0 Å². The molecule has 3 N–H and O–H groups in total. The molecule has 3 nitrogen and oxygen atoms in total. The van der Waals surface area contributed by atoms with Crippen molar-refractivity contribution in [1.29, 1.82) is 0 Å². The first-order valence-corrected chi connectivity index (χ1v) is 6.30. The molecule has 0 fully saturated rings. The van der Waals surface area contributed by atoms with Crippen LogP contribution in [0.2, 0.25) is 0 Å². The molecule has 0 radical (unpaired) electrons. The number of hydrogen-bond donors (Lipinski definition) is 3. The van der Waals surface area contributed by atoms with Gasteiger partial charge < -0.3 is 15.4 Å². The first-order chi connectivity index (χ1) is 8.33. The van der Waals surface area contributed by atoms with Gasteiger partial charge in [-0.25, -0.2) is 0 Å². The summed E-state index contributed by atoms with van der Waals surface area (Å²) in [5.41, 5.74) is 3.89. The second-order valence-electron chi connectivity index (χ2n) is 4.77. The summed E-state index contributed by atoms with van der Waals surface area (Å²) in [6, 6.07) is 8.94. The van der Waals surface area contributed by atoms with E-state index in [1.54, 1.807) is 0 Å².